The van der Waals surface area contributed by atoms with Gasteiger partial charge in [0.2, 0.25) is 5.78 Å². The quantitative estimate of drug-likeness (QED) is 0.459. The molecule has 3 aliphatic rings. The first kappa shape index (κ1) is 25.6. The van der Waals surface area contributed by atoms with Gasteiger partial charge in [0.05, 0.1) is 6.10 Å². The highest BCUT2D eigenvalue weighted by Gasteiger charge is 2.54. The highest BCUT2D eigenvalue weighted by Crippen LogP contribution is 2.32. The molecule has 0 aromatic rings. The number of ether oxygens (including phenoxy) is 2. The normalized spacial score (nSPS) is 32.2. The molecule has 7 nitrogen and oxygen atoms in total. The molecule has 2 saturated heterocycles. The molecule has 2 fully saturated rings. The van der Waals surface area contributed by atoms with Crippen molar-refractivity contribution in [3.05, 3.63) is 23.8 Å². The van der Waals surface area contributed by atoms with Gasteiger partial charge in [-0.2, -0.15) is 0 Å². The van der Waals surface area contributed by atoms with Gasteiger partial charge in [0, 0.05) is 12.5 Å². The van der Waals surface area contributed by atoms with E-state index in [2.05, 4.69) is 25.2 Å². The Morgan fingerprint density at radius 1 is 1.27 bits per heavy atom. The van der Waals surface area contributed by atoms with E-state index in [9.17, 15) is 19.5 Å². The summed E-state index contributed by atoms with van der Waals surface area (Å²) in [6.07, 6.45) is 11.8. The van der Waals surface area contributed by atoms with Gasteiger partial charge in [0.1, 0.15) is 12.1 Å². The van der Waals surface area contributed by atoms with Crippen LogP contribution in [0, 0.1) is 11.8 Å². The summed E-state index contributed by atoms with van der Waals surface area (Å²) in [6.45, 7) is 7.70. The third-order valence-electron chi connectivity index (χ3n) is 7.30. The SMILES string of the molecule is CCC(CC1=CCCC=C1)C(C)OC(=O)C1CCCN1C(=O)C1(O)OC(C)CCC(C)C1=O. The number of aliphatic hydroxyl groups is 1. The fourth-order valence-corrected chi connectivity index (χ4v) is 5.09. The minimum absolute atomic E-state index is 0.172. The number of amides is 1. The molecular formula is C26H39NO6. The Balaban J connectivity index is 1.68. The molecule has 2 aliphatic heterocycles. The molecule has 0 saturated carbocycles. The zero-order chi connectivity index (χ0) is 24.2. The summed E-state index contributed by atoms with van der Waals surface area (Å²) in [7, 11) is 0. The average molecular weight is 462 g/mol. The molecule has 0 aromatic heterocycles. The van der Waals surface area contributed by atoms with Crippen molar-refractivity contribution >= 4 is 17.7 Å². The number of rotatable bonds is 7. The number of esters is 1. The predicted molar refractivity (Wildman–Crippen MR) is 124 cm³/mol. The number of carbonyl (C=O) groups is 3. The Hall–Kier alpha value is -1.99. The highest BCUT2D eigenvalue weighted by molar-refractivity contribution is 6.09. The number of hydrogen-bond donors (Lipinski definition) is 1. The third kappa shape index (κ3) is 5.75. The maximum absolute atomic E-state index is 13.3. The van der Waals surface area contributed by atoms with Crippen molar-refractivity contribution in [2.75, 3.05) is 6.54 Å². The first-order chi connectivity index (χ1) is 15.7. The number of Topliss-reactive ketones (excluding diaryl/α,β-unsaturated/α-hetero) is 1. The van der Waals surface area contributed by atoms with Gasteiger partial charge in [-0.15, -0.1) is 0 Å². The van der Waals surface area contributed by atoms with Crippen LogP contribution in [0.2, 0.25) is 0 Å². The molecule has 0 spiro atoms. The van der Waals surface area contributed by atoms with Crippen molar-refractivity contribution in [2.45, 2.75) is 103 Å². The van der Waals surface area contributed by atoms with Crippen LogP contribution < -0.4 is 0 Å². The Kier molecular flexibility index (Phi) is 8.51. The van der Waals surface area contributed by atoms with Crippen molar-refractivity contribution in [3.8, 4) is 0 Å². The topological polar surface area (TPSA) is 93.1 Å². The average Bonchev–Trinajstić information content (AvgIpc) is 3.27. The zero-order valence-corrected chi connectivity index (χ0v) is 20.4. The van der Waals surface area contributed by atoms with E-state index < -0.39 is 41.5 Å². The fraction of sp³-hybridized carbons (Fsp3) is 0.731. The number of nitrogens with zero attached hydrogens (tertiary/aromatic N) is 1. The van der Waals surface area contributed by atoms with Crippen LogP contribution >= 0.6 is 0 Å². The minimum Gasteiger partial charge on any atom is -0.461 e. The van der Waals surface area contributed by atoms with Gasteiger partial charge in [0.15, 0.2) is 0 Å². The van der Waals surface area contributed by atoms with Crippen LogP contribution in [0.15, 0.2) is 23.8 Å². The van der Waals surface area contributed by atoms with Crippen molar-refractivity contribution in [2.24, 2.45) is 11.8 Å². The van der Waals surface area contributed by atoms with Crippen molar-refractivity contribution in [1.29, 1.82) is 0 Å². The van der Waals surface area contributed by atoms with Crippen LogP contribution in [0.5, 0.6) is 0 Å². The van der Waals surface area contributed by atoms with E-state index in [1.165, 1.54) is 10.5 Å². The maximum Gasteiger partial charge on any atom is 0.329 e. The van der Waals surface area contributed by atoms with E-state index >= 15 is 0 Å². The molecule has 0 aromatic carbocycles. The lowest BCUT2D eigenvalue weighted by Gasteiger charge is -2.34. The van der Waals surface area contributed by atoms with Crippen LogP contribution in [0.25, 0.3) is 0 Å². The molecule has 3 rings (SSSR count). The molecule has 7 heteroatoms. The maximum atomic E-state index is 13.3. The van der Waals surface area contributed by atoms with Crippen LogP contribution in [0.3, 0.4) is 0 Å². The monoisotopic (exact) mass is 461 g/mol. The lowest BCUT2D eigenvalue weighted by atomic mass is 9.90. The van der Waals surface area contributed by atoms with Gasteiger partial charge in [-0.3, -0.25) is 9.59 Å². The standard InChI is InChI=1S/C26H39NO6/c1-5-21(16-20-10-7-6-8-11-20)19(4)32-24(29)22-12-9-15-27(22)25(30)26(31)23(28)17(2)13-14-18(3)33-26/h7,10-11,17-19,21-22,31H,5-6,8-9,12-16H2,1-4H3. The molecule has 1 amide bonds. The number of allylic oxidation sites excluding steroid dienone is 4. The van der Waals surface area contributed by atoms with E-state index in [0.717, 1.165) is 25.7 Å². The second-order valence-corrected chi connectivity index (χ2v) is 9.84. The third-order valence-corrected chi connectivity index (χ3v) is 7.30. The van der Waals surface area contributed by atoms with E-state index in [0.29, 0.717) is 25.7 Å². The molecule has 1 aliphatic carbocycles. The van der Waals surface area contributed by atoms with E-state index in [1.54, 1.807) is 13.8 Å². The van der Waals surface area contributed by atoms with E-state index in [4.69, 9.17) is 9.47 Å². The predicted octanol–water partition coefficient (Wildman–Crippen LogP) is 3.69. The fourth-order valence-electron chi connectivity index (χ4n) is 5.09. The van der Waals surface area contributed by atoms with E-state index in [1.807, 2.05) is 6.92 Å². The molecule has 6 atom stereocenters. The zero-order valence-electron chi connectivity index (χ0n) is 20.4. The number of hydrogen-bond acceptors (Lipinski definition) is 6. The molecule has 1 N–H and O–H groups in total. The summed E-state index contributed by atoms with van der Waals surface area (Å²) < 4.78 is 11.4. The lowest BCUT2D eigenvalue weighted by Crippen LogP contribution is -2.59. The van der Waals surface area contributed by atoms with Crippen LogP contribution in [0.4, 0.5) is 0 Å². The van der Waals surface area contributed by atoms with Crippen LogP contribution in [0.1, 0.15) is 79.1 Å². The molecule has 0 radical (unpaired) electrons. The smallest absolute Gasteiger partial charge is 0.329 e. The van der Waals surface area contributed by atoms with Gasteiger partial charge < -0.3 is 19.5 Å². The first-order valence-electron chi connectivity index (χ1n) is 12.5. The van der Waals surface area contributed by atoms with Crippen molar-refractivity contribution in [1.82, 2.24) is 4.90 Å². The van der Waals surface area contributed by atoms with Gasteiger partial charge in [-0.25, -0.2) is 4.79 Å². The Morgan fingerprint density at radius 3 is 2.70 bits per heavy atom. The van der Waals surface area contributed by atoms with E-state index in [-0.39, 0.29) is 18.6 Å². The lowest BCUT2D eigenvalue weighted by molar-refractivity contribution is -0.225. The summed E-state index contributed by atoms with van der Waals surface area (Å²) >= 11 is 0. The second-order valence-electron chi connectivity index (χ2n) is 9.84. The summed E-state index contributed by atoms with van der Waals surface area (Å²) in [5.74, 6) is -4.83. The van der Waals surface area contributed by atoms with Gasteiger partial charge in [-0.05, 0) is 71.1 Å². The Morgan fingerprint density at radius 2 is 2.03 bits per heavy atom. The Labute approximate surface area is 197 Å². The summed E-state index contributed by atoms with van der Waals surface area (Å²) in [5, 5.41) is 11.1. The molecule has 33 heavy (non-hydrogen) atoms. The molecule has 2 heterocycles. The summed E-state index contributed by atoms with van der Waals surface area (Å²) in [6, 6.07) is -0.819. The number of ketones is 1. The van der Waals surface area contributed by atoms with Crippen molar-refractivity contribution < 1.29 is 29.0 Å². The highest BCUT2D eigenvalue weighted by atomic mass is 16.6. The van der Waals surface area contributed by atoms with Gasteiger partial charge in [-0.1, -0.05) is 37.6 Å². The largest absolute Gasteiger partial charge is 0.461 e. The number of likely N-dealkylation sites (tertiary alicyclic amines) is 1. The second kappa shape index (κ2) is 11.0. The van der Waals surface area contributed by atoms with Crippen LogP contribution in [-0.4, -0.2) is 58.2 Å². The molecular weight excluding hydrogens is 422 g/mol. The van der Waals surface area contributed by atoms with Gasteiger partial charge in [0.25, 0.3) is 5.91 Å². The van der Waals surface area contributed by atoms with Crippen LogP contribution in [-0.2, 0) is 23.9 Å². The minimum atomic E-state index is -2.55. The van der Waals surface area contributed by atoms with Gasteiger partial charge >= 0.3 is 11.8 Å². The molecule has 0 bridgehead atoms. The summed E-state index contributed by atoms with van der Waals surface area (Å²) in [5.41, 5.74) is 1.27. The number of carbonyl (C=O) groups excluding carboxylic acids is 3. The first-order valence-corrected chi connectivity index (χ1v) is 12.5. The molecule has 184 valence electrons. The molecule has 6 unspecified atom stereocenters. The van der Waals surface area contributed by atoms with Crippen molar-refractivity contribution in [3.63, 3.8) is 0 Å². The summed E-state index contributed by atoms with van der Waals surface area (Å²) in [4.78, 5) is 40.5. The Bertz CT molecular complexity index is 805.